The average Bonchev–Trinajstić information content (AvgIpc) is 3.07. The minimum Gasteiger partial charge on any atom is -0.365 e. The first-order valence-electron chi connectivity index (χ1n) is 8.24. The second-order valence-electron chi connectivity index (χ2n) is 6.89. The van der Waals surface area contributed by atoms with Gasteiger partial charge in [-0.3, -0.25) is 15.0 Å². The predicted octanol–water partition coefficient (Wildman–Crippen LogP) is 1.32. The molecule has 1 aromatic rings. The summed E-state index contributed by atoms with van der Waals surface area (Å²) in [7, 11) is 0. The lowest BCUT2D eigenvalue weighted by molar-refractivity contribution is -0.961. The van der Waals surface area contributed by atoms with Crippen LogP contribution in [0.2, 0.25) is 0 Å². The summed E-state index contributed by atoms with van der Waals surface area (Å²) >= 11 is 0. The molecule has 0 aromatic heterocycles. The van der Waals surface area contributed by atoms with E-state index in [1.165, 1.54) is 50.2 Å². The average molecular weight is 303 g/mol. The van der Waals surface area contributed by atoms with Gasteiger partial charge in [-0.15, -0.1) is 0 Å². The summed E-state index contributed by atoms with van der Waals surface area (Å²) in [5.41, 5.74) is 1.30. The molecular weight excluding hydrogens is 280 g/mol. The summed E-state index contributed by atoms with van der Waals surface area (Å²) in [6, 6.07) is 7.77. The van der Waals surface area contributed by atoms with Gasteiger partial charge in [-0.25, -0.2) is 0 Å². The second-order valence-corrected chi connectivity index (χ2v) is 6.89. The molecule has 6 nitrogen and oxygen atoms in total. The maximum atomic E-state index is 10.8. The van der Waals surface area contributed by atoms with Gasteiger partial charge in [0, 0.05) is 50.4 Å². The third kappa shape index (κ3) is 2.27. The molecule has 0 spiro atoms. The summed E-state index contributed by atoms with van der Waals surface area (Å²) in [6.07, 6.45) is 1.25. The minimum absolute atomic E-state index is 0.175. The molecule has 6 heteroatoms. The van der Waals surface area contributed by atoms with E-state index in [1.807, 2.05) is 12.1 Å². The third-order valence-electron chi connectivity index (χ3n) is 5.95. The Hall–Kier alpha value is -1.66. The van der Waals surface area contributed by atoms with Crippen molar-refractivity contribution in [2.45, 2.75) is 12.5 Å². The van der Waals surface area contributed by atoms with Gasteiger partial charge in [0.1, 0.15) is 6.04 Å². The molecule has 4 aliphatic rings. The molecule has 4 aliphatic heterocycles. The first-order chi connectivity index (χ1) is 10.7. The maximum Gasteiger partial charge on any atom is 0.269 e. The molecule has 1 unspecified atom stereocenters. The normalized spacial score (nSPS) is 34.1. The first kappa shape index (κ1) is 14.0. The maximum absolute atomic E-state index is 10.8. The quantitative estimate of drug-likeness (QED) is 0.480. The van der Waals surface area contributed by atoms with Gasteiger partial charge in [0.05, 0.1) is 31.1 Å². The first-order valence-corrected chi connectivity index (χ1v) is 8.24. The van der Waals surface area contributed by atoms with Crippen LogP contribution in [-0.2, 0) is 0 Å². The van der Waals surface area contributed by atoms with E-state index in [2.05, 4.69) is 9.80 Å². The molecule has 1 aromatic carbocycles. The van der Waals surface area contributed by atoms with E-state index in [4.69, 9.17) is 0 Å². The fourth-order valence-electron chi connectivity index (χ4n) is 4.45. The number of nitro groups is 1. The van der Waals surface area contributed by atoms with Crippen molar-refractivity contribution < 1.29 is 9.41 Å². The zero-order chi connectivity index (χ0) is 15.2. The van der Waals surface area contributed by atoms with E-state index < -0.39 is 0 Å². The molecule has 2 bridgehead atoms. The molecule has 0 N–H and O–H groups in total. The Morgan fingerprint density at radius 3 is 2.27 bits per heavy atom. The zero-order valence-electron chi connectivity index (χ0n) is 12.9. The standard InChI is InChI=1S/C16H23N4O2/c21-19(22)15-3-1-14(2-4-15)18-6-5-16(13-18)20-10-7-17(8-11-20)9-12-20/h1-4,16H,5-13H2/q+1. The molecule has 4 fully saturated rings. The Bertz CT molecular complexity index is 552. The zero-order valence-corrected chi connectivity index (χ0v) is 12.9. The van der Waals surface area contributed by atoms with Crippen molar-refractivity contribution in [3.05, 3.63) is 34.4 Å². The summed E-state index contributed by atoms with van der Waals surface area (Å²) in [5.74, 6) is 0. The molecule has 4 saturated heterocycles. The van der Waals surface area contributed by atoms with Gasteiger partial charge in [-0.2, -0.15) is 0 Å². The Kier molecular flexibility index (Phi) is 3.31. The highest BCUT2D eigenvalue weighted by Crippen LogP contribution is 2.31. The molecule has 0 saturated carbocycles. The molecule has 0 amide bonds. The molecule has 0 aliphatic carbocycles. The van der Waals surface area contributed by atoms with Crippen LogP contribution in [0.4, 0.5) is 11.4 Å². The Balaban J connectivity index is 1.47. The smallest absolute Gasteiger partial charge is 0.269 e. The summed E-state index contributed by atoms with van der Waals surface area (Å²) in [5, 5.41) is 10.8. The van der Waals surface area contributed by atoms with Gasteiger partial charge in [0.2, 0.25) is 0 Å². The number of nitro benzene ring substituents is 1. The van der Waals surface area contributed by atoms with Crippen molar-refractivity contribution in [3.63, 3.8) is 0 Å². The Morgan fingerprint density at radius 2 is 1.68 bits per heavy atom. The van der Waals surface area contributed by atoms with Crippen LogP contribution in [0.5, 0.6) is 0 Å². The number of non-ortho nitro benzene ring substituents is 1. The van der Waals surface area contributed by atoms with Gasteiger partial charge in [-0.1, -0.05) is 0 Å². The highest BCUT2D eigenvalue weighted by atomic mass is 16.6. The molecule has 22 heavy (non-hydrogen) atoms. The van der Waals surface area contributed by atoms with Crippen LogP contribution in [0.1, 0.15) is 6.42 Å². The van der Waals surface area contributed by atoms with Crippen LogP contribution < -0.4 is 4.90 Å². The van der Waals surface area contributed by atoms with Crippen molar-refractivity contribution in [1.82, 2.24) is 4.90 Å². The van der Waals surface area contributed by atoms with Crippen LogP contribution >= 0.6 is 0 Å². The fraction of sp³-hybridized carbons (Fsp3) is 0.625. The predicted molar refractivity (Wildman–Crippen MR) is 85.0 cm³/mol. The topological polar surface area (TPSA) is 49.6 Å². The summed E-state index contributed by atoms with van der Waals surface area (Å²) < 4.78 is 1.31. The summed E-state index contributed by atoms with van der Waals surface area (Å²) in [4.78, 5) is 15.4. The Labute approximate surface area is 130 Å². The lowest BCUT2D eigenvalue weighted by Crippen LogP contribution is -2.71. The van der Waals surface area contributed by atoms with Gasteiger partial charge in [0.15, 0.2) is 0 Å². The van der Waals surface area contributed by atoms with E-state index in [0.29, 0.717) is 0 Å². The second kappa shape index (κ2) is 5.21. The molecule has 1 atom stereocenters. The SMILES string of the molecule is O=[N+]([O-])c1ccc(N2CCC([N+]34CCN(CC3)CC4)C2)cc1. The number of hydrogen-bond acceptors (Lipinski definition) is 4. The lowest BCUT2D eigenvalue weighted by Gasteiger charge is -2.53. The molecule has 0 radical (unpaired) electrons. The van der Waals surface area contributed by atoms with Crippen molar-refractivity contribution >= 4 is 11.4 Å². The van der Waals surface area contributed by atoms with Gasteiger partial charge < -0.3 is 9.38 Å². The number of fused-ring (bicyclic) bond motifs is 3. The van der Waals surface area contributed by atoms with E-state index in [0.717, 1.165) is 24.8 Å². The van der Waals surface area contributed by atoms with Crippen molar-refractivity contribution in [3.8, 4) is 0 Å². The van der Waals surface area contributed by atoms with Gasteiger partial charge in [0.25, 0.3) is 5.69 Å². The number of anilines is 1. The summed E-state index contributed by atoms with van der Waals surface area (Å²) in [6.45, 7) is 9.86. The van der Waals surface area contributed by atoms with Crippen molar-refractivity contribution in [2.24, 2.45) is 0 Å². The number of quaternary nitrogens is 1. The third-order valence-corrected chi connectivity index (χ3v) is 5.95. The van der Waals surface area contributed by atoms with Gasteiger partial charge >= 0.3 is 0 Å². The number of hydrogen-bond donors (Lipinski definition) is 0. The van der Waals surface area contributed by atoms with E-state index in [-0.39, 0.29) is 10.6 Å². The van der Waals surface area contributed by atoms with Crippen LogP contribution in [0.25, 0.3) is 0 Å². The van der Waals surface area contributed by atoms with Crippen molar-refractivity contribution in [2.75, 3.05) is 57.3 Å². The number of rotatable bonds is 3. The van der Waals surface area contributed by atoms with E-state index >= 15 is 0 Å². The molecule has 5 rings (SSSR count). The lowest BCUT2D eigenvalue weighted by atomic mass is 10.0. The molecular formula is C16H23N4O2+. The van der Waals surface area contributed by atoms with Crippen LogP contribution in [0.3, 0.4) is 0 Å². The highest BCUT2D eigenvalue weighted by molar-refractivity contribution is 5.51. The van der Waals surface area contributed by atoms with E-state index in [9.17, 15) is 10.1 Å². The van der Waals surface area contributed by atoms with Crippen molar-refractivity contribution in [1.29, 1.82) is 0 Å². The minimum atomic E-state index is -0.331. The van der Waals surface area contributed by atoms with Crippen LogP contribution in [-0.4, -0.2) is 72.7 Å². The van der Waals surface area contributed by atoms with Gasteiger partial charge in [-0.05, 0) is 12.1 Å². The largest absolute Gasteiger partial charge is 0.365 e. The molecule has 4 heterocycles. The van der Waals surface area contributed by atoms with E-state index in [1.54, 1.807) is 12.1 Å². The van der Waals surface area contributed by atoms with Crippen LogP contribution in [0.15, 0.2) is 24.3 Å². The Morgan fingerprint density at radius 1 is 1.05 bits per heavy atom. The van der Waals surface area contributed by atoms with Crippen LogP contribution in [0, 0.1) is 10.1 Å². The fourth-order valence-corrected chi connectivity index (χ4v) is 4.45. The monoisotopic (exact) mass is 303 g/mol. The number of benzene rings is 1. The molecule has 118 valence electrons. The highest BCUT2D eigenvalue weighted by Gasteiger charge is 2.46. The number of nitrogens with zero attached hydrogens (tertiary/aromatic N) is 4. The number of piperazine rings is 3.